The van der Waals surface area contributed by atoms with Gasteiger partial charge < -0.3 is 0 Å². The first-order chi connectivity index (χ1) is 8.56. The number of hydrogen-bond acceptors (Lipinski definition) is 7. The van der Waals surface area contributed by atoms with Crippen molar-refractivity contribution in [2.75, 3.05) is 5.43 Å². The fourth-order valence-electron chi connectivity index (χ4n) is 1.49. The number of nitrogens with one attached hydrogen (secondary N) is 1. The fraction of sp³-hybridized carbons (Fsp3) is 0.273. The van der Waals surface area contributed by atoms with Gasteiger partial charge in [0.05, 0.1) is 0 Å². The normalized spacial score (nSPS) is 10.4. The molecule has 0 unspecified atom stereocenters. The summed E-state index contributed by atoms with van der Waals surface area (Å²) in [7, 11) is 0. The average molecular weight is 262 g/mol. The topological polar surface area (TPSA) is 89.6 Å². The standard InChI is InChI=1S/C11H14N6S/c1-6-4-7(2)15-11(14-6)18-9-5-8(3)13-10(16-9)17-12/h4-5H,12H2,1-3H3,(H,13,16,17). The molecular weight excluding hydrogens is 248 g/mol. The van der Waals surface area contributed by atoms with E-state index in [-0.39, 0.29) is 0 Å². The molecule has 0 aliphatic carbocycles. The van der Waals surface area contributed by atoms with Crippen molar-refractivity contribution in [1.29, 1.82) is 0 Å². The van der Waals surface area contributed by atoms with E-state index in [9.17, 15) is 0 Å². The smallest absolute Gasteiger partial charge is 0.238 e. The van der Waals surface area contributed by atoms with E-state index in [1.54, 1.807) is 0 Å². The molecule has 0 saturated carbocycles. The Balaban J connectivity index is 2.30. The Bertz CT molecular complexity index is 551. The van der Waals surface area contributed by atoms with Crippen molar-refractivity contribution in [3.63, 3.8) is 0 Å². The molecule has 2 rings (SSSR count). The lowest BCUT2D eigenvalue weighted by molar-refractivity contribution is 0.896. The maximum atomic E-state index is 5.31. The Morgan fingerprint density at radius 2 is 1.56 bits per heavy atom. The molecule has 2 aromatic rings. The summed E-state index contributed by atoms with van der Waals surface area (Å²) in [5.41, 5.74) is 5.15. The number of aromatic nitrogens is 4. The van der Waals surface area contributed by atoms with Crippen LogP contribution in [-0.2, 0) is 0 Å². The van der Waals surface area contributed by atoms with Crippen LogP contribution in [0.25, 0.3) is 0 Å². The van der Waals surface area contributed by atoms with E-state index in [2.05, 4.69) is 25.4 Å². The summed E-state index contributed by atoms with van der Waals surface area (Å²) >= 11 is 1.39. The van der Waals surface area contributed by atoms with E-state index >= 15 is 0 Å². The van der Waals surface area contributed by atoms with Gasteiger partial charge in [-0.2, -0.15) is 0 Å². The Hall–Kier alpha value is -1.73. The van der Waals surface area contributed by atoms with Crippen LogP contribution in [0.3, 0.4) is 0 Å². The number of nitrogen functional groups attached to an aromatic ring is 1. The number of rotatable bonds is 3. The minimum Gasteiger partial charge on any atom is -0.292 e. The molecule has 18 heavy (non-hydrogen) atoms. The zero-order valence-corrected chi connectivity index (χ0v) is 11.2. The summed E-state index contributed by atoms with van der Waals surface area (Å²) in [5, 5.41) is 1.44. The van der Waals surface area contributed by atoms with Crippen molar-refractivity contribution in [2.24, 2.45) is 5.84 Å². The second kappa shape index (κ2) is 5.28. The molecule has 0 aliphatic heterocycles. The van der Waals surface area contributed by atoms with E-state index in [1.807, 2.05) is 32.9 Å². The Kier molecular flexibility index (Phi) is 3.73. The van der Waals surface area contributed by atoms with Crippen molar-refractivity contribution in [3.05, 3.63) is 29.2 Å². The van der Waals surface area contributed by atoms with Gasteiger partial charge in [0.2, 0.25) is 5.95 Å². The number of nitrogens with zero attached hydrogens (tertiary/aromatic N) is 4. The van der Waals surface area contributed by atoms with Crippen molar-refractivity contribution in [3.8, 4) is 0 Å². The lowest BCUT2D eigenvalue weighted by Crippen LogP contribution is -2.11. The van der Waals surface area contributed by atoms with Crippen LogP contribution in [0.1, 0.15) is 17.1 Å². The van der Waals surface area contributed by atoms with Gasteiger partial charge in [0.1, 0.15) is 5.03 Å². The highest BCUT2D eigenvalue weighted by Gasteiger charge is 2.06. The number of aryl methyl sites for hydroxylation is 3. The van der Waals surface area contributed by atoms with Crippen LogP contribution in [0.5, 0.6) is 0 Å². The van der Waals surface area contributed by atoms with Crippen LogP contribution in [0, 0.1) is 20.8 Å². The van der Waals surface area contributed by atoms with Gasteiger partial charge in [-0.3, -0.25) is 5.43 Å². The van der Waals surface area contributed by atoms with E-state index < -0.39 is 0 Å². The van der Waals surface area contributed by atoms with Gasteiger partial charge in [0.15, 0.2) is 5.16 Å². The lowest BCUT2D eigenvalue weighted by Gasteiger charge is -2.05. The van der Waals surface area contributed by atoms with Gasteiger partial charge in [-0.25, -0.2) is 25.8 Å². The summed E-state index contributed by atoms with van der Waals surface area (Å²) in [6.07, 6.45) is 0. The molecule has 0 saturated heterocycles. The first-order valence-electron chi connectivity index (χ1n) is 5.39. The maximum absolute atomic E-state index is 5.31. The number of nitrogens with two attached hydrogens (primary N) is 1. The first-order valence-corrected chi connectivity index (χ1v) is 6.21. The summed E-state index contributed by atoms with van der Waals surface area (Å²) in [6.45, 7) is 5.77. The van der Waals surface area contributed by atoms with Crippen molar-refractivity contribution in [1.82, 2.24) is 19.9 Å². The van der Waals surface area contributed by atoms with Gasteiger partial charge in [0.25, 0.3) is 0 Å². The SMILES string of the molecule is Cc1cc(Sc2nc(C)cc(C)n2)nc(NN)n1. The van der Waals surface area contributed by atoms with E-state index in [4.69, 9.17) is 5.84 Å². The summed E-state index contributed by atoms with van der Waals surface area (Å²) in [6, 6.07) is 3.80. The molecule has 3 N–H and O–H groups in total. The van der Waals surface area contributed by atoms with Gasteiger partial charge >= 0.3 is 0 Å². The molecular formula is C11H14N6S. The minimum absolute atomic E-state index is 0.391. The third-order valence-electron chi connectivity index (χ3n) is 2.12. The highest BCUT2D eigenvalue weighted by atomic mass is 32.2. The first kappa shape index (κ1) is 12.7. The van der Waals surface area contributed by atoms with E-state index in [0.717, 1.165) is 22.1 Å². The van der Waals surface area contributed by atoms with E-state index in [0.29, 0.717) is 11.1 Å². The molecule has 0 atom stereocenters. The average Bonchev–Trinajstić information content (AvgIpc) is 2.26. The highest BCUT2D eigenvalue weighted by Crippen LogP contribution is 2.24. The number of anilines is 1. The minimum atomic E-state index is 0.391. The third kappa shape index (κ3) is 3.14. The van der Waals surface area contributed by atoms with Gasteiger partial charge in [-0.1, -0.05) is 0 Å². The van der Waals surface area contributed by atoms with Crippen LogP contribution in [0.2, 0.25) is 0 Å². The third-order valence-corrected chi connectivity index (χ3v) is 2.90. The summed E-state index contributed by atoms with van der Waals surface area (Å²) in [4.78, 5) is 17.1. The Morgan fingerprint density at radius 3 is 2.17 bits per heavy atom. The molecule has 0 aliphatic rings. The van der Waals surface area contributed by atoms with Gasteiger partial charge in [-0.05, 0) is 44.7 Å². The van der Waals surface area contributed by atoms with Crippen LogP contribution in [0.15, 0.2) is 22.3 Å². The largest absolute Gasteiger partial charge is 0.292 e. The Labute approximate surface area is 109 Å². The molecule has 6 nitrogen and oxygen atoms in total. The predicted octanol–water partition coefficient (Wildman–Crippen LogP) is 1.63. The second-order valence-corrected chi connectivity index (χ2v) is 4.84. The van der Waals surface area contributed by atoms with Gasteiger partial charge in [-0.15, -0.1) is 0 Å². The molecule has 0 fully saturated rings. The molecule has 0 amide bonds. The quantitative estimate of drug-likeness (QED) is 0.376. The van der Waals surface area contributed by atoms with Crippen LogP contribution < -0.4 is 11.3 Å². The zero-order chi connectivity index (χ0) is 13.1. The zero-order valence-electron chi connectivity index (χ0n) is 10.4. The molecule has 0 aromatic carbocycles. The van der Waals surface area contributed by atoms with Crippen molar-refractivity contribution < 1.29 is 0 Å². The van der Waals surface area contributed by atoms with Crippen molar-refractivity contribution >= 4 is 17.7 Å². The molecule has 0 spiro atoms. The molecule has 0 bridgehead atoms. The molecule has 0 radical (unpaired) electrons. The van der Waals surface area contributed by atoms with Crippen LogP contribution >= 0.6 is 11.8 Å². The number of hydrazine groups is 1. The second-order valence-electron chi connectivity index (χ2n) is 3.85. The van der Waals surface area contributed by atoms with Crippen LogP contribution in [0.4, 0.5) is 5.95 Å². The predicted molar refractivity (Wildman–Crippen MR) is 70.2 cm³/mol. The molecule has 2 aromatic heterocycles. The monoisotopic (exact) mass is 262 g/mol. The summed E-state index contributed by atoms with van der Waals surface area (Å²) < 4.78 is 0. The lowest BCUT2D eigenvalue weighted by atomic mass is 10.4. The maximum Gasteiger partial charge on any atom is 0.238 e. The molecule has 94 valence electrons. The van der Waals surface area contributed by atoms with E-state index in [1.165, 1.54) is 11.8 Å². The van der Waals surface area contributed by atoms with Crippen molar-refractivity contribution in [2.45, 2.75) is 31.0 Å². The van der Waals surface area contributed by atoms with Gasteiger partial charge in [0, 0.05) is 17.1 Å². The molecule has 7 heteroatoms. The molecule has 2 heterocycles. The summed E-state index contributed by atoms with van der Waals surface area (Å²) in [5.74, 6) is 5.70. The van der Waals surface area contributed by atoms with Crippen LogP contribution in [-0.4, -0.2) is 19.9 Å². The number of hydrogen-bond donors (Lipinski definition) is 2. The Morgan fingerprint density at radius 1 is 0.944 bits per heavy atom. The fourth-order valence-corrected chi connectivity index (χ4v) is 2.42. The highest BCUT2D eigenvalue weighted by molar-refractivity contribution is 7.99.